The van der Waals surface area contributed by atoms with E-state index < -0.39 is 5.97 Å². The summed E-state index contributed by atoms with van der Waals surface area (Å²) in [6.45, 7) is 0.00287. The van der Waals surface area contributed by atoms with Gasteiger partial charge in [0.15, 0.2) is 0 Å². The number of carboxylic acid groups (broad SMARTS) is 1. The van der Waals surface area contributed by atoms with Crippen LogP contribution in [0.2, 0.25) is 0 Å². The standard InChI is InChI=1S/C16H13N3O3/c20-10-11-1-3-12(4-2-11)15-9-19(18-17-15)14-7-5-13(6-8-14)16(21)22/h1-9,20H,10H2,(H,21,22). The predicted octanol–water partition coefficient (Wildman–Crippen LogP) is 2.12. The molecule has 0 fully saturated rings. The van der Waals surface area contributed by atoms with Crippen LogP contribution in [-0.2, 0) is 6.61 Å². The van der Waals surface area contributed by atoms with Crippen molar-refractivity contribution in [2.75, 3.05) is 0 Å². The number of carbonyl (C=O) groups is 1. The lowest BCUT2D eigenvalue weighted by Gasteiger charge is -2.00. The molecule has 0 saturated heterocycles. The zero-order valence-electron chi connectivity index (χ0n) is 11.5. The van der Waals surface area contributed by atoms with Crippen LogP contribution in [0, 0.1) is 0 Å². The molecule has 0 atom stereocenters. The molecule has 3 rings (SSSR count). The van der Waals surface area contributed by atoms with Crippen LogP contribution in [0.25, 0.3) is 16.9 Å². The van der Waals surface area contributed by atoms with Crippen molar-refractivity contribution in [3.05, 3.63) is 65.9 Å². The van der Waals surface area contributed by atoms with E-state index in [-0.39, 0.29) is 12.2 Å². The van der Waals surface area contributed by atoms with Gasteiger partial charge in [-0.2, -0.15) is 0 Å². The monoisotopic (exact) mass is 295 g/mol. The summed E-state index contributed by atoms with van der Waals surface area (Å²) in [7, 11) is 0. The molecular weight excluding hydrogens is 282 g/mol. The third kappa shape index (κ3) is 2.72. The minimum Gasteiger partial charge on any atom is -0.478 e. The smallest absolute Gasteiger partial charge is 0.335 e. The highest BCUT2D eigenvalue weighted by Crippen LogP contribution is 2.18. The van der Waals surface area contributed by atoms with E-state index in [1.54, 1.807) is 23.0 Å². The maximum absolute atomic E-state index is 10.8. The van der Waals surface area contributed by atoms with Gasteiger partial charge in [-0.1, -0.05) is 29.5 Å². The first-order valence-corrected chi connectivity index (χ1v) is 6.63. The molecule has 0 amide bonds. The second-order valence-corrected chi connectivity index (χ2v) is 4.76. The molecule has 0 spiro atoms. The highest BCUT2D eigenvalue weighted by molar-refractivity contribution is 5.87. The van der Waals surface area contributed by atoms with Crippen LogP contribution in [0.4, 0.5) is 0 Å². The maximum atomic E-state index is 10.8. The van der Waals surface area contributed by atoms with E-state index in [9.17, 15) is 4.79 Å². The minimum atomic E-state index is -0.963. The van der Waals surface area contributed by atoms with Gasteiger partial charge in [0.1, 0.15) is 5.69 Å². The van der Waals surface area contributed by atoms with E-state index in [0.29, 0.717) is 5.69 Å². The molecule has 1 aromatic heterocycles. The third-order valence-electron chi connectivity index (χ3n) is 3.30. The number of aromatic nitrogens is 3. The Morgan fingerprint density at radius 2 is 1.73 bits per heavy atom. The molecular formula is C16H13N3O3. The summed E-state index contributed by atoms with van der Waals surface area (Å²) in [5.74, 6) is -0.963. The molecule has 0 aliphatic carbocycles. The minimum absolute atomic E-state index is 0.00287. The maximum Gasteiger partial charge on any atom is 0.335 e. The summed E-state index contributed by atoms with van der Waals surface area (Å²) in [5, 5.41) is 26.1. The van der Waals surface area contributed by atoms with Crippen molar-refractivity contribution in [3.63, 3.8) is 0 Å². The first-order chi connectivity index (χ1) is 10.7. The Morgan fingerprint density at radius 1 is 1.05 bits per heavy atom. The topological polar surface area (TPSA) is 88.2 Å². The Kier molecular flexibility index (Phi) is 3.67. The van der Waals surface area contributed by atoms with Crippen LogP contribution < -0.4 is 0 Å². The lowest BCUT2D eigenvalue weighted by atomic mass is 10.1. The molecule has 0 aliphatic heterocycles. The van der Waals surface area contributed by atoms with Gasteiger partial charge in [-0.05, 0) is 29.8 Å². The van der Waals surface area contributed by atoms with Crippen molar-refractivity contribution in [1.82, 2.24) is 15.0 Å². The van der Waals surface area contributed by atoms with Crippen molar-refractivity contribution in [1.29, 1.82) is 0 Å². The number of aliphatic hydroxyl groups excluding tert-OH is 1. The van der Waals surface area contributed by atoms with Gasteiger partial charge in [0, 0.05) is 5.56 Å². The number of nitrogens with zero attached hydrogens (tertiary/aromatic N) is 3. The number of carboxylic acids is 1. The Morgan fingerprint density at radius 3 is 2.32 bits per heavy atom. The fourth-order valence-corrected chi connectivity index (χ4v) is 2.06. The summed E-state index contributed by atoms with van der Waals surface area (Å²) < 4.78 is 1.58. The largest absolute Gasteiger partial charge is 0.478 e. The van der Waals surface area contributed by atoms with Gasteiger partial charge >= 0.3 is 5.97 Å². The predicted molar refractivity (Wildman–Crippen MR) is 79.7 cm³/mol. The van der Waals surface area contributed by atoms with Gasteiger partial charge in [0.05, 0.1) is 24.1 Å². The Hall–Kier alpha value is -2.99. The van der Waals surface area contributed by atoms with Gasteiger partial charge in [-0.3, -0.25) is 0 Å². The summed E-state index contributed by atoms with van der Waals surface area (Å²) in [4.78, 5) is 10.8. The molecule has 0 bridgehead atoms. The van der Waals surface area contributed by atoms with Gasteiger partial charge in [0.2, 0.25) is 0 Å². The number of rotatable bonds is 4. The van der Waals surface area contributed by atoms with Crippen molar-refractivity contribution >= 4 is 5.97 Å². The summed E-state index contributed by atoms with van der Waals surface area (Å²) in [5.41, 5.74) is 3.39. The average molecular weight is 295 g/mol. The first-order valence-electron chi connectivity index (χ1n) is 6.63. The molecule has 110 valence electrons. The van der Waals surface area contributed by atoms with Crippen LogP contribution in [0.3, 0.4) is 0 Å². The molecule has 0 unspecified atom stereocenters. The molecule has 2 N–H and O–H groups in total. The van der Waals surface area contributed by atoms with Crippen LogP contribution in [0.1, 0.15) is 15.9 Å². The van der Waals surface area contributed by atoms with Crippen LogP contribution >= 0.6 is 0 Å². The van der Waals surface area contributed by atoms with E-state index in [0.717, 1.165) is 16.8 Å². The average Bonchev–Trinajstić information content (AvgIpc) is 3.05. The van der Waals surface area contributed by atoms with Gasteiger partial charge in [0.25, 0.3) is 0 Å². The van der Waals surface area contributed by atoms with Crippen molar-refractivity contribution in [3.8, 4) is 16.9 Å². The highest BCUT2D eigenvalue weighted by Gasteiger charge is 2.07. The van der Waals surface area contributed by atoms with E-state index in [1.165, 1.54) is 12.1 Å². The Labute approximate surface area is 126 Å². The lowest BCUT2D eigenvalue weighted by Crippen LogP contribution is -1.98. The molecule has 22 heavy (non-hydrogen) atoms. The summed E-state index contributed by atoms with van der Waals surface area (Å²) in [6, 6.07) is 13.8. The Balaban J connectivity index is 1.87. The lowest BCUT2D eigenvalue weighted by molar-refractivity contribution is 0.0697. The number of benzene rings is 2. The van der Waals surface area contributed by atoms with Crippen molar-refractivity contribution < 1.29 is 15.0 Å². The first kappa shape index (κ1) is 14.0. The zero-order valence-corrected chi connectivity index (χ0v) is 11.5. The summed E-state index contributed by atoms with van der Waals surface area (Å²) in [6.07, 6.45) is 1.77. The molecule has 3 aromatic rings. The third-order valence-corrected chi connectivity index (χ3v) is 3.30. The van der Waals surface area contributed by atoms with Gasteiger partial charge in [-0.15, -0.1) is 5.10 Å². The van der Waals surface area contributed by atoms with E-state index in [2.05, 4.69) is 10.3 Å². The van der Waals surface area contributed by atoms with E-state index >= 15 is 0 Å². The molecule has 6 heteroatoms. The molecule has 6 nitrogen and oxygen atoms in total. The van der Waals surface area contributed by atoms with Crippen LogP contribution in [-0.4, -0.2) is 31.2 Å². The second-order valence-electron chi connectivity index (χ2n) is 4.76. The fraction of sp³-hybridized carbons (Fsp3) is 0.0625. The van der Waals surface area contributed by atoms with Gasteiger partial charge < -0.3 is 10.2 Å². The normalized spacial score (nSPS) is 10.6. The van der Waals surface area contributed by atoms with Crippen LogP contribution in [0.15, 0.2) is 54.7 Å². The van der Waals surface area contributed by atoms with E-state index in [1.807, 2.05) is 24.3 Å². The molecule has 0 saturated carbocycles. The second kappa shape index (κ2) is 5.79. The summed E-state index contributed by atoms with van der Waals surface area (Å²) >= 11 is 0. The molecule has 1 heterocycles. The SMILES string of the molecule is O=C(O)c1ccc(-n2cc(-c3ccc(CO)cc3)nn2)cc1. The van der Waals surface area contributed by atoms with E-state index in [4.69, 9.17) is 10.2 Å². The van der Waals surface area contributed by atoms with Crippen molar-refractivity contribution in [2.24, 2.45) is 0 Å². The quantitative estimate of drug-likeness (QED) is 0.769. The molecule has 2 aromatic carbocycles. The number of hydrogen-bond acceptors (Lipinski definition) is 4. The van der Waals surface area contributed by atoms with Gasteiger partial charge in [-0.25, -0.2) is 9.48 Å². The number of aromatic carboxylic acids is 1. The number of aliphatic hydroxyl groups is 1. The Bertz CT molecular complexity index is 792. The molecule has 0 aliphatic rings. The fourth-order valence-electron chi connectivity index (χ4n) is 2.06. The molecule has 0 radical (unpaired) electrons. The highest BCUT2D eigenvalue weighted by atomic mass is 16.4. The van der Waals surface area contributed by atoms with Crippen molar-refractivity contribution in [2.45, 2.75) is 6.61 Å². The zero-order chi connectivity index (χ0) is 15.5. The van der Waals surface area contributed by atoms with Crippen LogP contribution in [0.5, 0.6) is 0 Å². The number of hydrogen-bond donors (Lipinski definition) is 2.